The third kappa shape index (κ3) is 3.23. The number of nitrogens with one attached hydrogen (secondary N) is 1. The maximum absolute atomic E-state index is 12.3. The van der Waals surface area contributed by atoms with Crippen LogP contribution in [0.2, 0.25) is 0 Å². The Balaban J connectivity index is 1.71. The van der Waals surface area contributed by atoms with E-state index in [4.69, 9.17) is 0 Å². The maximum Gasteiger partial charge on any atom is 0.271 e. The first-order valence-electron chi connectivity index (χ1n) is 7.46. The lowest BCUT2D eigenvalue weighted by Gasteiger charge is -2.13. The summed E-state index contributed by atoms with van der Waals surface area (Å²) >= 11 is 0. The molecule has 2 aromatic rings. The van der Waals surface area contributed by atoms with Crippen molar-refractivity contribution in [1.29, 1.82) is 0 Å². The van der Waals surface area contributed by atoms with Crippen molar-refractivity contribution in [3.63, 3.8) is 0 Å². The molecular weight excluding hydrogens is 324 g/mol. The molecule has 1 aliphatic heterocycles. The standard InChI is InChI=1S/C17H14N4O4/c1-11(18-19-12-5-4-6-13(9-12)21(24)25)10-20-16(22)14-7-2-3-8-15(14)17(20)23/h2-9,19H,10H2,1H3. The van der Waals surface area contributed by atoms with Crippen molar-refractivity contribution in [2.45, 2.75) is 6.92 Å². The number of imide groups is 1. The molecule has 3 rings (SSSR count). The summed E-state index contributed by atoms with van der Waals surface area (Å²) in [5, 5.41) is 14.8. The topological polar surface area (TPSA) is 105 Å². The van der Waals surface area contributed by atoms with E-state index in [-0.39, 0.29) is 24.0 Å². The number of nitrogens with zero attached hydrogens (tertiary/aromatic N) is 3. The highest BCUT2D eigenvalue weighted by Crippen LogP contribution is 2.22. The van der Waals surface area contributed by atoms with Gasteiger partial charge in [-0.3, -0.25) is 30.0 Å². The Morgan fingerprint density at radius 2 is 1.76 bits per heavy atom. The molecule has 0 aromatic heterocycles. The highest BCUT2D eigenvalue weighted by Gasteiger charge is 2.35. The molecule has 0 saturated carbocycles. The first kappa shape index (κ1) is 16.3. The van der Waals surface area contributed by atoms with Crippen molar-refractivity contribution >= 4 is 28.9 Å². The monoisotopic (exact) mass is 338 g/mol. The van der Waals surface area contributed by atoms with E-state index in [1.165, 1.54) is 18.2 Å². The summed E-state index contributed by atoms with van der Waals surface area (Å²) in [5.74, 6) is -0.712. The molecule has 0 fully saturated rings. The van der Waals surface area contributed by atoms with E-state index in [1.807, 2.05) is 0 Å². The highest BCUT2D eigenvalue weighted by atomic mass is 16.6. The summed E-state index contributed by atoms with van der Waals surface area (Å²) in [7, 11) is 0. The van der Waals surface area contributed by atoms with Gasteiger partial charge in [0.05, 0.1) is 34.0 Å². The number of hydrogen-bond acceptors (Lipinski definition) is 6. The quantitative estimate of drug-likeness (QED) is 0.390. The Labute approximate surface area is 142 Å². The summed E-state index contributed by atoms with van der Waals surface area (Å²) in [6.07, 6.45) is 0. The number of nitro groups is 1. The van der Waals surface area contributed by atoms with Crippen molar-refractivity contribution in [3.8, 4) is 0 Å². The van der Waals surface area contributed by atoms with Crippen LogP contribution < -0.4 is 5.43 Å². The van der Waals surface area contributed by atoms with Gasteiger partial charge in [-0.15, -0.1) is 0 Å². The molecule has 2 amide bonds. The molecule has 8 nitrogen and oxygen atoms in total. The number of fused-ring (bicyclic) bond motifs is 1. The zero-order valence-electron chi connectivity index (χ0n) is 13.3. The van der Waals surface area contributed by atoms with Gasteiger partial charge in [0.15, 0.2) is 0 Å². The van der Waals surface area contributed by atoms with Gasteiger partial charge in [0, 0.05) is 12.1 Å². The fourth-order valence-electron chi connectivity index (χ4n) is 2.50. The van der Waals surface area contributed by atoms with Gasteiger partial charge < -0.3 is 0 Å². The minimum atomic E-state index is -0.499. The Morgan fingerprint density at radius 3 is 2.36 bits per heavy atom. The molecule has 0 spiro atoms. The van der Waals surface area contributed by atoms with Crippen LogP contribution >= 0.6 is 0 Å². The molecule has 0 aliphatic carbocycles. The van der Waals surface area contributed by atoms with E-state index >= 15 is 0 Å². The Morgan fingerprint density at radius 1 is 1.12 bits per heavy atom. The number of carbonyl (C=O) groups excluding carboxylic acids is 2. The number of non-ortho nitro benzene ring substituents is 1. The number of rotatable bonds is 5. The molecule has 25 heavy (non-hydrogen) atoms. The molecule has 1 N–H and O–H groups in total. The fourth-order valence-corrected chi connectivity index (χ4v) is 2.50. The third-order valence-electron chi connectivity index (χ3n) is 3.70. The lowest BCUT2D eigenvalue weighted by Crippen LogP contribution is -2.34. The van der Waals surface area contributed by atoms with E-state index in [9.17, 15) is 19.7 Å². The van der Waals surface area contributed by atoms with E-state index < -0.39 is 4.92 Å². The van der Waals surface area contributed by atoms with Crippen LogP contribution in [0.4, 0.5) is 11.4 Å². The number of anilines is 1. The summed E-state index contributed by atoms with van der Waals surface area (Å²) < 4.78 is 0. The minimum absolute atomic E-state index is 0.0360. The van der Waals surface area contributed by atoms with Crippen molar-refractivity contribution in [2.24, 2.45) is 5.10 Å². The molecular formula is C17H14N4O4. The molecule has 0 radical (unpaired) electrons. The van der Waals surface area contributed by atoms with Gasteiger partial charge in [0.1, 0.15) is 0 Å². The second-order valence-electron chi connectivity index (χ2n) is 5.51. The molecule has 8 heteroatoms. The first-order chi connectivity index (χ1) is 12.0. The number of amides is 2. The second kappa shape index (κ2) is 6.52. The SMILES string of the molecule is CC(CN1C(=O)c2ccccc2C1=O)=NNc1cccc([N+](=O)[O-])c1. The van der Waals surface area contributed by atoms with Crippen LogP contribution in [0, 0.1) is 10.1 Å². The number of nitro benzene ring substituents is 1. The van der Waals surface area contributed by atoms with Crippen LogP contribution in [-0.2, 0) is 0 Å². The van der Waals surface area contributed by atoms with Crippen LogP contribution in [0.3, 0.4) is 0 Å². The second-order valence-corrected chi connectivity index (χ2v) is 5.51. The maximum atomic E-state index is 12.3. The minimum Gasteiger partial charge on any atom is -0.278 e. The predicted octanol–water partition coefficient (Wildman–Crippen LogP) is 2.68. The number of carbonyl (C=O) groups is 2. The first-order valence-corrected chi connectivity index (χ1v) is 7.46. The average Bonchev–Trinajstić information content (AvgIpc) is 2.85. The van der Waals surface area contributed by atoms with Crippen LogP contribution in [0.15, 0.2) is 53.6 Å². The molecule has 1 heterocycles. The Kier molecular flexibility index (Phi) is 4.25. The normalized spacial score (nSPS) is 13.8. The molecule has 126 valence electrons. The summed E-state index contributed by atoms with van der Waals surface area (Å²) in [6.45, 7) is 1.70. The van der Waals surface area contributed by atoms with Gasteiger partial charge in [-0.05, 0) is 25.1 Å². The van der Waals surface area contributed by atoms with Gasteiger partial charge in [-0.25, -0.2) is 0 Å². The summed E-state index contributed by atoms with van der Waals surface area (Å²) in [5.41, 5.74) is 4.33. The zero-order valence-corrected chi connectivity index (χ0v) is 13.3. The Hall–Kier alpha value is -3.55. The molecule has 0 unspecified atom stereocenters. The molecule has 0 atom stereocenters. The van der Waals surface area contributed by atoms with E-state index in [2.05, 4.69) is 10.5 Å². The summed E-state index contributed by atoms with van der Waals surface area (Å²) in [4.78, 5) is 36.0. The van der Waals surface area contributed by atoms with Crippen molar-refractivity contribution in [3.05, 3.63) is 69.8 Å². The predicted molar refractivity (Wildman–Crippen MR) is 91.6 cm³/mol. The highest BCUT2D eigenvalue weighted by molar-refractivity contribution is 6.22. The van der Waals surface area contributed by atoms with E-state index in [0.29, 0.717) is 22.5 Å². The average molecular weight is 338 g/mol. The zero-order chi connectivity index (χ0) is 18.0. The van der Waals surface area contributed by atoms with Crippen molar-refractivity contribution in [2.75, 3.05) is 12.0 Å². The Bertz CT molecular complexity index is 872. The number of hydrazone groups is 1. The fraction of sp³-hybridized carbons (Fsp3) is 0.118. The summed E-state index contributed by atoms with van der Waals surface area (Å²) in [6, 6.07) is 12.5. The van der Waals surface area contributed by atoms with E-state index in [0.717, 1.165) is 4.90 Å². The van der Waals surface area contributed by atoms with Crippen molar-refractivity contribution in [1.82, 2.24) is 4.90 Å². The number of hydrogen-bond donors (Lipinski definition) is 1. The molecule has 2 aromatic carbocycles. The smallest absolute Gasteiger partial charge is 0.271 e. The van der Waals surface area contributed by atoms with Crippen LogP contribution in [0.1, 0.15) is 27.6 Å². The van der Waals surface area contributed by atoms with Crippen LogP contribution in [-0.4, -0.2) is 33.9 Å². The molecule has 0 saturated heterocycles. The largest absolute Gasteiger partial charge is 0.278 e. The van der Waals surface area contributed by atoms with Gasteiger partial charge in [0.2, 0.25) is 0 Å². The van der Waals surface area contributed by atoms with Gasteiger partial charge in [-0.1, -0.05) is 18.2 Å². The lowest BCUT2D eigenvalue weighted by atomic mass is 10.1. The van der Waals surface area contributed by atoms with Gasteiger partial charge in [-0.2, -0.15) is 5.10 Å². The number of benzene rings is 2. The molecule has 0 bridgehead atoms. The van der Waals surface area contributed by atoms with Gasteiger partial charge in [0.25, 0.3) is 17.5 Å². The molecule has 1 aliphatic rings. The lowest BCUT2D eigenvalue weighted by molar-refractivity contribution is -0.384. The van der Waals surface area contributed by atoms with Crippen LogP contribution in [0.5, 0.6) is 0 Å². The van der Waals surface area contributed by atoms with E-state index in [1.54, 1.807) is 37.3 Å². The van der Waals surface area contributed by atoms with Gasteiger partial charge >= 0.3 is 0 Å². The van der Waals surface area contributed by atoms with Crippen molar-refractivity contribution < 1.29 is 14.5 Å². The van der Waals surface area contributed by atoms with Crippen LogP contribution in [0.25, 0.3) is 0 Å². The third-order valence-corrected chi connectivity index (χ3v) is 3.70.